The minimum absolute atomic E-state index is 0.193. The summed E-state index contributed by atoms with van der Waals surface area (Å²) < 4.78 is 25.6. The first-order valence-corrected chi connectivity index (χ1v) is 15.9. The number of benzene rings is 3. The summed E-state index contributed by atoms with van der Waals surface area (Å²) in [4.78, 5) is 32.5. The second-order valence-corrected chi connectivity index (χ2v) is 12.1. The van der Waals surface area contributed by atoms with Crippen molar-refractivity contribution >= 4 is 50.9 Å². The van der Waals surface area contributed by atoms with Gasteiger partial charge in [0.25, 0.3) is 5.56 Å². The Balaban J connectivity index is 1.65. The Morgan fingerprint density at radius 2 is 1.86 bits per heavy atom. The molecule has 0 unspecified atom stereocenters. The zero-order valence-electron chi connectivity index (χ0n) is 24.6. The SMILES string of the molecule is CCOC(=O)C1=C(C)N=c2s/c(=C\c3cc(Br)cc(OC)c3OCc3cccc(Cl)c3)c(=O)n2[C@H]1c1ccc(OCC)cc1. The smallest absolute Gasteiger partial charge is 0.338 e. The molecular formula is C33H30BrClN2O6S. The predicted octanol–water partition coefficient (Wildman–Crippen LogP) is 6.20. The fourth-order valence-electron chi connectivity index (χ4n) is 4.95. The molecule has 228 valence electrons. The van der Waals surface area contributed by atoms with E-state index in [1.807, 2.05) is 55.5 Å². The normalized spacial score (nSPS) is 14.6. The summed E-state index contributed by atoms with van der Waals surface area (Å²) in [6.07, 6.45) is 1.75. The topological polar surface area (TPSA) is 88.4 Å². The molecule has 1 aliphatic rings. The van der Waals surface area contributed by atoms with E-state index in [9.17, 15) is 9.59 Å². The van der Waals surface area contributed by atoms with Crippen molar-refractivity contribution in [2.45, 2.75) is 33.4 Å². The highest BCUT2D eigenvalue weighted by atomic mass is 79.9. The van der Waals surface area contributed by atoms with Crippen molar-refractivity contribution < 1.29 is 23.7 Å². The predicted molar refractivity (Wildman–Crippen MR) is 174 cm³/mol. The number of esters is 1. The van der Waals surface area contributed by atoms with E-state index in [0.717, 1.165) is 15.6 Å². The maximum atomic E-state index is 14.2. The average molecular weight is 698 g/mol. The third-order valence-corrected chi connectivity index (χ3v) is 8.53. The van der Waals surface area contributed by atoms with Gasteiger partial charge in [-0.2, -0.15) is 0 Å². The first kappa shape index (κ1) is 31.6. The molecule has 4 aromatic rings. The van der Waals surface area contributed by atoms with Crippen molar-refractivity contribution in [1.82, 2.24) is 4.57 Å². The second kappa shape index (κ2) is 13.8. The van der Waals surface area contributed by atoms with Crippen LogP contribution in [0.1, 0.15) is 43.5 Å². The number of aromatic nitrogens is 1. The van der Waals surface area contributed by atoms with Crippen molar-refractivity contribution in [3.63, 3.8) is 0 Å². The molecule has 3 aromatic carbocycles. The maximum absolute atomic E-state index is 14.2. The summed E-state index contributed by atoms with van der Waals surface area (Å²) >= 11 is 10.9. The van der Waals surface area contributed by atoms with Crippen LogP contribution in [0.15, 0.2) is 86.2 Å². The minimum atomic E-state index is -0.737. The first-order chi connectivity index (χ1) is 21.2. The number of ether oxygens (including phenoxy) is 4. The van der Waals surface area contributed by atoms with Crippen LogP contribution in [0.25, 0.3) is 6.08 Å². The van der Waals surface area contributed by atoms with Crippen LogP contribution in [0.3, 0.4) is 0 Å². The van der Waals surface area contributed by atoms with Crippen LogP contribution in [-0.4, -0.2) is 30.9 Å². The molecule has 0 radical (unpaired) electrons. The van der Waals surface area contributed by atoms with Crippen molar-refractivity contribution in [1.29, 1.82) is 0 Å². The van der Waals surface area contributed by atoms with Gasteiger partial charge in [-0.1, -0.05) is 63.1 Å². The summed E-state index contributed by atoms with van der Waals surface area (Å²) in [5.41, 5.74) is 2.73. The Morgan fingerprint density at radius 3 is 2.55 bits per heavy atom. The van der Waals surface area contributed by atoms with Gasteiger partial charge in [-0.15, -0.1) is 0 Å². The number of methoxy groups -OCH3 is 1. The summed E-state index contributed by atoms with van der Waals surface area (Å²) in [6.45, 7) is 6.36. The highest BCUT2D eigenvalue weighted by Crippen LogP contribution is 2.36. The van der Waals surface area contributed by atoms with Gasteiger partial charge in [0, 0.05) is 15.1 Å². The molecule has 0 aliphatic carbocycles. The molecule has 8 nitrogen and oxygen atoms in total. The fraction of sp³-hybridized carbons (Fsp3) is 0.242. The number of rotatable bonds is 10. The lowest BCUT2D eigenvalue weighted by Crippen LogP contribution is -2.39. The van der Waals surface area contributed by atoms with E-state index in [0.29, 0.717) is 55.0 Å². The molecule has 1 aromatic heterocycles. The number of fused-ring (bicyclic) bond motifs is 1. The van der Waals surface area contributed by atoms with Crippen LogP contribution in [0.2, 0.25) is 5.02 Å². The number of carbonyl (C=O) groups excluding carboxylic acids is 1. The molecule has 0 saturated heterocycles. The molecule has 2 heterocycles. The Hall–Kier alpha value is -3.86. The first-order valence-electron chi connectivity index (χ1n) is 13.9. The van der Waals surface area contributed by atoms with Gasteiger partial charge in [0.2, 0.25) is 0 Å². The van der Waals surface area contributed by atoms with Crippen LogP contribution >= 0.6 is 38.9 Å². The van der Waals surface area contributed by atoms with Crippen LogP contribution < -0.4 is 29.1 Å². The van der Waals surface area contributed by atoms with E-state index < -0.39 is 12.0 Å². The molecule has 0 fully saturated rings. The molecule has 0 amide bonds. The molecular weight excluding hydrogens is 668 g/mol. The number of hydrogen-bond donors (Lipinski definition) is 0. The Labute approximate surface area is 272 Å². The fourth-order valence-corrected chi connectivity index (χ4v) is 6.65. The van der Waals surface area contributed by atoms with E-state index in [2.05, 4.69) is 20.9 Å². The van der Waals surface area contributed by atoms with Crippen LogP contribution in [0, 0.1) is 0 Å². The monoisotopic (exact) mass is 696 g/mol. The van der Waals surface area contributed by atoms with Gasteiger partial charge in [0.1, 0.15) is 12.4 Å². The van der Waals surface area contributed by atoms with Crippen LogP contribution in [-0.2, 0) is 16.1 Å². The average Bonchev–Trinajstić information content (AvgIpc) is 3.30. The maximum Gasteiger partial charge on any atom is 0.338 e. The Morgan fingerprint density at radius 1 is 1.09 bits per heavy atom. The third kappa shape index (κ3) is 6.62. The summed E-state index contributed by atoms with van der Waals surface area (Å²) in [5.74, 6) is 1.13. The molecule has 44 heavy (non-hydrogen) atoms. The summed E-state index contributed by atoms with van der Waals surface area (Å²) in [7, 11) is 1.56. The van der Waals surface area contributed by atoms with Crippen LogP contribution in [0.5, 0.6) is 17.2 Å². The van der Waals surface area contributed by atoms with Crippen molar-refractivity contribution in [2.24, 2.45) is 4.99 Å². The number of hydrogen-bond acceptors (Lipinski definition) is 8. The standard InChI is InChI=1S/C33H30BrClN2O6S/c1-5-41-25-12-10-21(11-13-25)29-28(32(39)42-6-2)19(3)36-33-37(29)31(38)27(44-33)16-22-15-23(34)17-26(40-4)30(22)43-18-20-8-7-9-24(35)14-20/h7-17,29H,5-6,18H2,1-4H3/b27-16-/t29-/m0/s1. The lowest BCUT2D eigenvalue weighted by atomic mass is 9.96. The van der Waals surface area contributed by atoms with Crippen molar-refractivity contribution in [3.8, 4) is 17.2 Å². The van der Waals surface area contributed by atoms with Gasteiger partial charge in [-0.05, 0) is 74.4 Å². The Kier molecular flexibility index (Phi) is 9.93. The zero-order chi connectivity index (χ0) is 31.4. The molecule has 0 spiro atoms. The molecule has 1 atom stereocenters. The van der Waals surface area contributed by atoms with E-state index in [-0.39, 0.29) is 18.8 Å². The third-order valence-electron chi connectivity index (χ3n) is 6.85. The lowest BCUT2D eigenvalue weighted by molar-refractivity contribution is -0.139. The number of thiazole rings is 1. The molecule has 0 N–H and O–H groups in total. The summed E-state index contributed by atoms with van der Waals surface area (Å²) in [5, 5.41) is 0.606. The van der Waals surface area contributed by atoms with Gasteiger partial charge in [-0.3, -0.25) is 9.36 Å². The van der Waals surface area contributed by atoms with E-state index in [4.69, 9.17) is 30.5 Å². The Bertz CT molecular complexity index is 1920. The van der Waals surface area contributed by atoms with Crippen molar-refractivity contribution in [2.75, 3.05) is 20.3 Å². The summed E-state index contributed by atoms with van der Waals surface area (Å²) in [6, 6.07) is 17.7. The highest BCUT2D eigenvalue weighted by Gasteiger charge is 2.33. The number of carbonyl (C=O) groups is 1. The molecule has 5 rings (SSSR count). The van der Waals surface area contributed by atoms with Gasteiger partial charge in [0.15, 0.2) is 16.3 Å². The lowest BCUT2D eigenvalue weighted by Gasteiger charge is -2.24. The zero-order valence-corrected chi connectivity index (χ0v) is 27.7. The van der Waals surface area contributed by atoms with E-state index in [1.165, 1.54) is 11.3 Å². The molecule has 11 heteroatoms. The second-order valence-electron chi connectivity index (χ2n) is 9.75. The molecule has 0 saturated carbocycles. The highest BCUT2D eigenvalue weighted by molar-refractivity contribution is 9.10. The van der Waals surface area contributed by atoms with Gasteiger partial charge >= 0.3 is 5.97 Å². The van der Waals surface area contributed by atoms with E-state index in [1.54, 1.807) is 43.7 Å². The minimum Gasteiger partial charge on any atom is -0.494 e. The number of halogens is 2. The number of allylic oxidation sites excluding steroid dienone is 1. The quantitative estimate of drug-likeness (QED) is 0.184. The van der Waals surface area contributed by atoms with Gasteiger partial charge in [0.05, 0.1) is 42.2 Å². The van der Waals surface area contributed by atoms with E-state index >= 15 is 0 Å². The largest absolute Gasteiger partial charge is 0.494 e. The number of nitrogens with zero attached hydrogens (tertiary/aromatic N) is 2. The molecule has 0 bridgehead atoms. The van der Waals surface area contributed by atoms with Gasteiger partial charge in [-0.25, -0.2) is 9.79 Å². The van der Waals surface area contributed by atoms with Crippen LogP contribution in [0.4, 0.5) is 0 Å². The molecule has 1 aliphatic heterocycles. The van der Waals surface area contributed by atoms with Gasteiger partial charge < -0.3 is 18.9 Å². The van der Waals surface area contributed by atoms with Crippen molar-refractivity contribution in [3.05, 3.63) is 118 Å².